The van der Waals surface area contributed by atoms with Gasteiger partial charge >= 0.3 is 5.97 Å². The maximum Gasteiger partial charge on any atom is 0.337 e. The van der Waals surface area contributed by atoms with E-state index in [0.717, 1.165) is 40.5 Å². The Morgan fingerprint density at radius 2 is 1.67 bits per heavy atom. The van der Waals surface area contributed by atoms with Crippen LogP contribution >= 0.6 is 0 Å². The molecule has 2 aromatic carbocycles. The molecule has 10 nitrogen and oxygen atoms in total. The van der Waals surface area contributed by atoms with Crippen molar-refractivity contribution >= 4 is 45.0 Å². The quantitative estimate of drug-likeness (QED) is 0.0970. The summed E-state index contributed by atoms with van der Waals surface area (Å²) in [6.45, 7) is 12.1. The topological polar surface area (TPSA) is 127 Å². The van der Waals surface area contributed by atoms with Crippen molar-refractivity contribution in [3.63, 3.8) is 0 Å². The van der Waals surface area contributed by atoms with Crippen LogP contribution in [0.1, 0.15) is 77.0 Å². The highest BCUT2D eigenvalue weighted by Crippen LogP contribution is 2.48. The van der Waals surface area contributed by atoms with Crippen LogP contribution in [0, 0.1) is 0 Å². The minimum Gasteiger partial charge on any atom is -0.748 e. The summed E-state index contributed by atoms with van der Waals surface area (Å²) in [5.74, 6) is -2.02. The Bertz CT molecular complexity index is 1850. The molecule has 2 amide bonds. The number of amides is 2. The van der Waals surface area contributed by atoms with Gasteiger partial charge in [0.05, 0.1) is 22.0 Å². The third-order valence-corrected chi connectivity index (χ3v) is 10.2. The molecule has 2 aromatic rings. The van der Waals surface area contributed by atoms with E-state index >= 15 is 0 Å². The fraction of sp³-hybridized carbons (Fsp3) is 0.405. The SMILES string of the molecule is CCN1/C(=C/C=C/C=C/C2=[N+](CCCCS(=O)(=O)[O-])c3ccccc3C2(C)C)C(C)(C)c2cc(CC(=O)ON3C(=O)CCC3=O)ccc21. The average molecular weight is 674 g/mol. The van der Waals surface area contributed by atoms with Gasteiger partial charge < -0.3 is 14.3 Å². The number of anilines is 1. The smallest absolute Gasteiger partial charge is 0.337 e. The average Bonchev–Trinajstić information content (AvgIpc) is 3.53. The van der Waals surface area contributed by atoms with Crippen LogP contribution in [0.15, 0.2) is 78.5 Å². The predicted molar refractivity (Wildman–Crippen MR) is 183 cm³/mol. The molecule has 0 spiro atoms. The van der Waals surface area contributed by atoms with Crippen molar-refractivity contribution in [3.8, 4) is 0 Å². The summed E-state index contributed by atoms with van der Waals surface area (Å²) in [5.41, 5.74) is 6.72. The van der Waals surface area contributed by atoms with Crippen LogP contribution in [0.4, 0.5) is 11.4 Å². The van der Waals surface area contributed by atoms with E-state index in [4.69, 9.17) is 4.84 Å². The Labute approximate surface area is 282 Å². The van der Waals surface area contributed by atoms with Crippen molar-refractivity contribution in [1.29, 1.82) is 0 Å². The van der Waals surface area contributed by atoms with Crippen molar-refractivity contribution in [2.24, 2.45) is 0 Å². The third kappa shape index (κ3) is 7.07. The van der Waals surface area contributed by atoms with Gasteiger partial charge in [-0.1, -0.05) is 62.4 Å². The summed E-state index contributed by atoms with van der Waals surface area (Å²) in [6.07, 6.45) is 11.2. The summed E-state index contributed by atoms with van der Waals surface area (Å²) in [6, 6.07) is 14.1. The molecule has 11 heteroatoms. The maximum atomic E-state index is 12.6. The molecule has 0 bridgehead atoms. The van der Waals surface area contributed by atoms with E-state index in [1.807, 2.05) is 48.6 Å². The van der Waals surface area contributed by atoms with Crippen molar-refractivity contribution in [3.05, 3.63) is 95.2 Å². The van der Waals surface area contributed by atoms with E-state index in [9.17, 15) is 27.4 Å². The number of carbonyl (C=O) groups excluding carboxylic acids is 3. The van der Waals surface area contributed by atoms with Gasteiger partial charge in [0.25, 0.3) is 11.8 Å². The lowest BCUT2D eigenvalue weighted by atomic mass is 9.81. The van der Waals surface area contributed by atoms with E-state index in [1.165, 1.54) is 5.56 Å². The minimum atomic E-state index is -4.24. The molecule has 254 valence electrons. The molecule has 3 heterocycles. The molecule has 1 saturated heterocycles. The Morgan fingerprint density at radius 3 is 2.35 bits per heavy atom. The summed E-state index contributed by atoms with van der Waals surface area (Å²) in [7, 11) is -4.24. The standard InChI is InChI=1S/C37H43N3O7S/c1-6-38-30-19-18-26(25-35(43)47-40-33(41)20-21-34(40)42)24-28(30)37(4,5)31(38)16-8-7-9-17-32-36(2,3)27-14-10-11-15-29(27)39(32)22-12-13-23-48(44,45)46/h7-11,14-19,24H,6,12-13,20-23,25H2,1-5H3. The fourth-order valence-corrected chi connectivity index (χ4v) is 7.48. The highest BCUT2D eigenvalue weighted by Gasteiger charge is 2.44. The van der Waals surface area contributed by atoms with E-state index in [1.54, 1.807) is 0 Å². The lowest BCUT2D eigenvalue weighted by Crippen LogP contribution is -2.32. The lowest BCUT2D eigenvalue weighted by Gasteiger charge is -2.25. The van der Waals surface area contributed by atoms with Gasteiger partial charge in [-0.25, -0.2) is 13.2 Å². The number of hydroxylamine groups is 2. The maximum absolute atomic E-state index is 12.6. The molecule has 5 rings (SSSR count). The molecule has 0 radical (unpaired) electrons. The zero-order valence-corrected chi connectivity index (χ0v) is 29.0. The first-order chi connectivity index (χ1) is 22.6. The van der Waals surface area contributed by atoms with E-state index < -0.39 is 27.9 Å². The van der Waals surface area contributed by atoms with Gasteiger partial charge in [-0.3, -0.25) is 9.59 Å². The Balaban J connectivity index is 1.33. The number of hydrogen-bond acceptors (Lipinski definition) is 8. The third-order valence-electron chi connectivity index (χ3n) is 9.38. The number of allylic oxidation sites excluding steroid dienone is 6. The first-order valence-corrected chi connectivity index (χ1v) is 17.9. The molecule has 3 aliphatic rings. The number of benzene rings is 2. The van der Waals surface area contributed by atoms with Gasteiger partial charge in [-0.15, -0.1) is 5.06 Å². The molecular weight excluding hydrogens is 630 g/mol. The Morgan fingerprint density at radius 1 is 0.958 bits per heavy atom. The number of hydrogen-bond donors (Lipinski definition) is 0. The number of rotatable bonds is 12. The van der Waals surface area contributed by atoms with Crippen molar-refractivity contribution in [2.75, 3.05) is 23.7 Å². The number of fused-ring (bicyclic) bond motifs is 2. The molecule has 0 unspecified atom stereocenters. The zero-order chi connectivity index (χ0) is 34.9. The van der Waals surface area contributed by atoms with Gasteiger partial charge in [0.2, 0.25) is 5.69 Å². The molecule has 3 aliphatic heterocycles. The molecule has 0 N–H and O–H groups in total. The molecule has 0 aliphatic carbocycles. The van der Waals surface area contributed by atoms with Gasteiger partial charge in [-0.2, -0.15) is 4.58 Å². The normalized spacial score (nSPS) is 19.3. The van der Waals surface area contributed by atoms with Crippen molar-refractivity contribution < 1.29 is 36.8 Å². The second-order valence-corrected chi connectivity index (χ2v) is 14.9. The summed E-state index contributed by atoms with van der Waals surface area (Å²) in [4.78, 5) is 43.6. The van der Waals surface area contributed by atoms with Crippen molar-refractivity contribution in [1.82, 2.24) is 5.06 Å². The van der Waals surface area contributed by atoms with E-state index in [-0.39, 0.29) is 35.8 Å². The van der Waals surface area contributed by atoms with Crippen molar-refractivity contribution in [2.45, 2.75) is 77.6 Å². The number of imide groups is 1. The molecule has 48 heavy (non-hydrogen) atoms. The summed E-state index contributed by atoms with van der Waals surface area (Å²) >= 11 is 0. The van der Waals surface area contributed by atoms with Gasteiger partial charge in [0.15, 0.2) is 5.71 Å². The first-order valence-electron chi connectivity index (χ1n) is 16.4. The molecular formula is C37H43N3O7S. The monoisotopic (exact) mass is 673 g/mol. The minimum absolute atomic E-state index is 0.0513. The highest BCUT2D eigenvalue weighted by molar-refractivity contribution is 7.85. The number of likely N-dealkylation sites (N-methyl/N-ethyl adjacent to an activating group) is 1. The Hall–Kier alpha value is -4.35. The summed E-state index contributed by atoms with van der Waals surface area (Å²) < 4.78 is 35.6. The number of unbranched alkanes of at least 4 members (excludes halogenated alkanes) is 1. The van der Waals surface area contributed by atoms with Gasteiger partial charge in [0, 0.05) is 66.1 Å². The van der Waals surface area contributed by atoms with Crippen LogP contribution in [0.2, 0.25) is 0 Å². The van der Waals surface area contributed by atoms with Crippen LogP contribution in [0.3, 0.4) is 0 Å². The van der Waals surface area contributed by atoms with Crippen LogP contribution in [-0.4, -0.2) is 64.9 Å². The molecule has 0 aromatic heterocycles. The largest absolute Gasteiger partial charge is 0.748 e. The lowest BCUT2D eigenvalue weighted by molar-refractivity contribution is -0.438. The first kappa shape index (κ1) is 35.0. The number of nitrogens with zero attached hydrogens (tertiary/aromatic N) is 3. The zero-order valence-electron chi connectivity index (χ0n) is 28.2. The molecule has 1 fully saturated rings. The van der Waals surface area contributed by atoms with Crippen LogP contribution in [0.25, 0.3) is 0 Å². The second kappa shape index (κ2) is 13.6. The Kier molecular flexibility index (Phi) is 9.94. The van der Waals surface area contributed by atoms with Gasteiger partial charge in [-0.05, 0) is 50.5 Å². The molecule has 0 saturated carbocycles. The molecule has 0 atom stereocenters. The van der Waals surface area contributed by atoms with Crippen LogP contribution in [-0.2, 0) is 46.6 Å². The number of carbonyl (C=O) groups is 3. The van der Waals surface area contributed by atoms with Crippen LogP contribution in [0.5, 0.6) is 0 Å². The van der Waals surface area contributed by atoms with E-state index in [2.05, 4.69) is 68.4 Å². The van der Waals surface area contributed by atoms with Crippen LogP contribution < -0.4 is 4.90 Å². The number of para-hydroxylation sites is 1. The van der Waals surface area contributed by atoms with Gasteiger partial charge in [0.1, 0.15) is 6.54 Å². The second-order valence-electron chi connectivity index (χ2n) is 13.4. The fourth-order valence-electron chi connectivity index (χ4n) is 6.92. The van der Waals surface area contributed by atoms with E-state index in [0.29, 0.717) is 24.4 Å². The predicted octanol–water partition coefficient (Wildman–Crippen LogP) is 5.35. The summed E-state index contributed by atoms with van der Waals surface area (Å²) in [5, 5.41) is 0.578. The highest BCUT2D eigenvalue weighted by atomic mass is 32.2.